The van der Waals surface area contributed by atoms with E-state index in [1.54, 1.807) is 0 Å². The number of ether oxygens (including phenoxy) is 2. The van der Waals surface area contributed by atoms with Gasteiger partial charge in [0.2, 0.25) is 0 Å². The number of para-hydroxylation sites is 2. The molecule has 0 bridgehead atoms. The SMILES string of the molecule is C=CCOC(=O)c1c(N)n(CCCN2CCOCC2)c2nc3ccccc3nc12. The fourth-order valence-corrected chi connectivity index (χ4v) is 3.63. The first kappa shape index (κ1) is 19.4. The number of morpholine rings is 1. The van der Waals surface area contributed by atoms with Crippen LogP contribution >= 0.6 is 0 Å². The van der Waals surface area contributed by atoms with Crippen LogP contribution in [0.2, 0.25) is 0 Å². The standard InChI is InChI=1S/C21H25N5O3/c1-2-12-29-21(27)17-18-20(24-16-7-4-3-6-15(16)23-18)26(19(17)22)9-5-8-25-10-13-28-14-11-25/h2-4,6-7H,1,5,8-14,22H2. The van der Waals surface area contributed by atoms with E-state index >= 15 is 0 Å². The van der Waals surface area contributed by atoms with E-state index in [4.69, 9.17) is 20.2 Å². The molecular weight excluding hydrogens is 370 g/mol. The number of hydrogen-bond acceptors (Lipinski definition) is 7. The molecule has 3 heterocycles. The summed E-state index contributed by atoms with van der Waals surface area (Å²) < 4.78 is 12.5. The number of esters is 1. The van der Waals surface area contributed by atoms with Crippen molar-refractivity contribution in [1.82, 2.24) is 19.4 Å². The van der Waals surface area contributed by atoms with Crippen molar-refractivity contribution < 1.29 is 14.3 Å². The zero-order valence-corrected chi connectivity index (χ0v) is 16.3. The fraction of sp³-hybridized carbons (Fsp3) is 0.381. The summed E-state index contributed by atoms with van der Waals surface area (Å²) in [4.78, 5) is 24.4. The number of rotatable bonds is 7. The molecule has 1 fully saturated rings. The summed E-state index contributed by atoms with van der Waals surface area (Å²) in [5.41, 5.74) is 9.22. The summed E-state index contributed by atoms with van der Waals surface area (Å²) in [6.07, 6.45) is 2.40. The molecule has 0 radical (unpaired) electrons. The summed E-state index contributed by atoms with van der Waals surface area (Å²) >= 11 is 0. The van der Waals surface area contributed by atoms with Crippen molar-refractivity contribution in [3.8, 4) is 0 Å². The molecule has 8 heteroatoms. The van der Waals surface area contributed by atoms with E-state index in [1.165, 1.54) is 6.08 Å². The van der Waals surface area contributed by atoms with Crippen LogP contribution in [0.15, 0.2) is 36.9 Å². The van der Waals surface area contributed by atoms with Gasteiger partial charge in [0.25, 0.3) is 0 Å². The number of aromatic nitrogens is 3. The highest BCUT2D eigenvalue weighted by Gasteiger charge is 2.25. The predicted octanol–water partition coefficient (Wildman–Crippen LogP) is 2.23. The summed E-state index contributed by atoms with van der Waals surface area (Å²) in [7, 11) is 0. The minimum absolute atomic E-state index is 0.114. The summed E-state index contributed by atoms with van der Waals surface area (Å²) in [6, 6.07) is 7.57. The Hall–Kier alpha value is -2.97. The smallest absolute Gasteiger partial charge is 0.344 e. The zero-order chi connectivity index (χ0) is 20.2. The van der Waals surface area contributed by atoms with Gasteiger partial charge in [-0.15, -0.1) is 0 Å². The number of aryl methyl sites for hydroxylation is 1. The van der Waals surface area contributed by atoms with Gasteiger partial charge in [-0.1, -0.05) is 24.8 Å². The van der Waals surface area contributed by atoms with Crippen LogP contribution in [0, 0.1) is 0 Å². The first-order valence-electron chi connectivity index (χ1n) is 9.81. The molecule has 0 amide bonds. The predicted molar refractivity (Wildman–Crippen MR) is 112 cm³/mol. The topological polar surface area (TPSA) is 95.5 Å². The second kappa shape index (κ2) is 8.59. The van der Waals surface area contributed by atoms with Crippen molar-refractivity contribution >= 4 is 34.0 Å². The van der Waals surface area contributed by atoms with Crippen molar-refractivity contribution in [2.45, 2.75) is 13.0 Å². The van der Waals surface area contributed by atoms with Gasteiger partial charge in [-0.05, 0) is 18.6 Å². The van der Waals surface area contributed by atoms with Gasteiger partial charge in [-0.2, -0.15) is 0 Å². The molecule has 0 spiro atoms. The number of carbonyl (C=O) groups is 1. The van der Waals surface area contributed by atoms with Crippen molar-refractivity contribution in [2.75, 3.05) is 45.2 Å². The highest BCUT2D eigenvalue weighted by atomic mass is 16.5. The third kappa shape index (κ3) is 3.94. The van der Waals surface area contributed by atoms with E-state index in [-0.39, 0.29) is 12.2 Å². The van der Waals surface area contributed by atoms with Crippen LogP contribution in [0.4, 0.5) is 5.82 Å². The number of anilines is 1. The van der Waals surface area contributed by atoms with Gasteiger partial charge in [0.1, 0.15) is 23.5 Å². The Morgan fingerprint density at radius 3 is 2.66 bits per heavy atom. The minimum atomic E-state index is -0.510. The van der Waals surface area contributed by atoms with Crippen LogP contribution in [-0.2, 0) is 16.0 Å². The Bertz CT molecular complexity index is 1040. The van der Waals surface area contributed by atoms with E-state index in [1.807, 2.05) is 28.8 Å². The molecule has 29 heavy (non-hydrogen) atoms. The first-order valence-corrected chi connectivity index (χ1v) is 9.81. The van der Waals surface area contributed by atoms with Crippen molar-refractivity contribution in [2.24, 2.45) is 0 Å². The van der Waals surface area contributed by atoms with E-state index in [9.17, 15) is 4.79 Å². The van der Waals surface area contributed by atoms with E-state index < -0.39 is 5.97 Å². The lowest BCUT2D eigenvalue weighted by Crippen LogP contribution is -2.37. The van der Waals surface area contributed by atoms with Crippen LogP contribution in [0.5, 0.6) is 0 Å². The Labute approximate surface area is 168 Å². The Kier molecular flexibility index (Phi) is 5.73. The van der Waals surface area contributed by atoms with Crippen LogP contribution in [0.1, 0.15) is 16.8 Å². The quantitative estimate of drug-likeness (QED) is 0.484. The molecule has 1 aromatic carbocycles. The normalized spacial score (nSPS) is 15.0. The number of nitrogens with two attached hydrogens (primary N) is 1. The van der Waals surface area contributed by atoms with E-state index in [0.717, 1.165) is 44.8 Å². The minimum Gasteiger partial charge on any atom is -0.458 e. The number of hydrogen-bond donors (Lipinski definition) is 1. The first-order chi connectivity index (χ1) is 14.2. The highest BCUT2D eigenvalue weighted by Crippen LogP contribution is 2.28. The molecule has 1 aliphatic heterocycles. The second-order valence-electron chi connectivity index (χ2n) is 6.99. The van der Waals surface area contributed by atoms with Gasteiger partial charge < -0.3 is 19.8 Å². The number of nitrogens with zero attached hydrogens (tertiary/aromatic N) is 4. The third-order valence-electron chi connectivity index (χ3n) is 5.09. The van der Waals surface area contributed by atoms with Crippen molar-refractivity contribution in [1.29, 1.82) is 0 Å². The van der Waals surface area contributed by atoms with Gasteiger partial charge in [0.05, 0.1) is 24.2 Å². The highest BCUT2D eigenvalue weighted by molar-refractivity contribution is 6.08. The molecular formula is C21H25N5O3. The van der Waals surface area contributed by atoms with E-state index in [0.29, 0.717) is 29.0 Å². The molecule has 0 aliphatic carbocycles. The van der Waals surface area contributed by atoms with Crippen LogP contribution in [0.3, 0.4) is 0 Å². The van der Waals surface area contributed by atoms with Crippen molar-refractivity contribution in [3.63, 3.8) is 0 Å². The largest absolute Gasteiger partial charge is 0.458 e. The van der Waals surface area contributed by atoms with Gasteiger partial charge in [0.15, 0.2) is 5.65 Å². The summed E-state index contributed by atoms with van der Waals surface area (Å²) in [5.74, 6) is -0.171. The molecule has 4 rings (SSSR count). The third-order valence-corrected chi connectivity index (χ3v) is 5.09. The van der Waals surface area contributed by atoms with Crippen molar-refractivity contribution in [3.05, 3.63) is 42.5 Å². The molecule has 8 nitrogen and oxygen atoms in total. The zero-order valence-electron chi connectivity index (χ0n) is 16.3. The number of nitrogen functional groups attached to an aromatic ring is 1. The second-order valence-corrected chi connectivity index (χ2v) is 6.99. The molecule has 3 aromatic rings. The maximum Gasteiger partial charge on any atom is 0.344 e. The van der Waals surface area contributed by atoms with Crippen LogP contribution in [-0.4, -0.2) is 64.9 Å². The number of fused-ring (bicyclic) bond motifs is 2. The van der Waals surface area contributed by atoms with E-state index in [2.05, 4.69) is 16.5 Å². The maximum absolute atomic E-state index is 12.7. The number of carbonyl (C=O) groups excluding carboxylic acids is 1. The fourth-order valence-electron chi connectivity index (χ4n) is 3.63. The molecule has 2 N–H and O–H groups in total. The lowest BCUT2D eigenvalue weighted by molar-refractivity contribution is 0.0369. The number of benzene rings is 1. The van der Waals surface area contributed by atoms with Crippen LogP contribution < -0.4 is 5.73 Å². The molecule has 2 aromatic heterocycles. The Morgan fingerprint density at radius 2 is 1.93 bits per heavy atom. The average molecular weight is 395 g/mol. The monoisotopic (exact) mass is 395 g/mol. The molecule has 1 aliphatic rings. The average Bonchev–Trinajstić information content (AvgIpc) is 3.02. The van der Waals surface area contributed by atoms with Gasteiger partial charge in [-0.25, -0.2) is 14.8 Å². The summed E-state index contributed by atoms with van der Waals surface area (Å²) in [5, 5.41) is 0. The Morgan fingerprint density at radius 1 is 1.21 bits per heavy atom. The molecule has 152 valence electrons. The molecule has 1 saturated heterocycles. The van der Waals surface area contributed by atoms with Crippen LogP contribution in [0.25, 0.3) is 22.2 Å². The lowest BCUT2D eigenvalue weighted by atomic mass is 10.2. The van der Waals surface area contributed by atoms with Gasteiger partial charge in [0, 0.05) is 26.2 Å². The molecule has 0 saturated carbocycles. The van der Waals surface area contributed by atoms with Gasteiger partial charge in [-0.3, -0.25) is 4.90 Å². The maximum atomic E-state index is 12.7. The summed E-state index contributed by atoms with van der Waals surface area (Å²) in [6.45, 7) is 8.68. The molecule has 0 unspecified atom stereocenters. The van der Waals surface area contributed by atoms with Gasteiger partial charge >= 0.3 is 5.97 Å². The molecule has 0 atom stereocenters. The Balaban J connectivity index is 1.69. The lowest BCUT2D eigenvalue weighted by Gasteiger charge is -2.26.